The molecule has 1 aliphatic rings. The minimum Gasteiger partial charge on any atom is -0.336 e. The third-order valence-corrected chi connectivity index (χ3v) is 5.76. The van der Waals surface area contributed by atoms with Gasteiger partial charge in [-0.25, -0.2) is 13.2 Å². The molecule has 0 saturated carbocycles. The number of amides is 2. The lowest BCUT2D eigenvalue weighted by Crippen LogP contribution is -2.54. The highest BCUT2D eigenvalue weighted by molar-refractivity contribution is 7.89. The standard InChI is InChI=1S/C13H23N5O3S/c1-9(2)14-13(19)17-5-7-18(8-6-17)22(20,21)12-10(3)15-16-11(12)4/h9H,5-8H2,1-4H3,(H,14,19)(H,15,16). The number of aryl methyl sites for hydroxylation is 2. The molecule has 1 saturated heterocycles. The first-order valence-electron chi connectivity index (χ1n) is 7.30. The SMILES string of the molecule is Cc1n[nH]c(C)c1S(=O)(=O)N1CCN(C(=O)NC(C)C)CC1. The van der Waals surface area contributed by atoms with E-state index in [0.717, 1.165) is 0 Å². The summed E-state index contributed by atoms with van der Waals surface area (Å²) in [6.07, 6.45) is 0. The predicted octanol–water partition coefficient (Wildman–Crippen LogP) is 0.451. The first-order valence-corrected chi connectivity index (χ1v) is 8.74. The zero-order valence-electron chi connectivity index (χ0n) is 13.4. The molecule has 0 unspecified atom stereocenters. The van der Waals surface area contributed by atoms with Crippen LogP contribution in [0.4, 0.5) is 4.79 Å². The van der Waals surface area contributed by atoms with Crippen LogP contribution in [0.1, 0.15) is 25.2 Å². The average molecular weight is 329 g/mol. The van der Waals surface area contributed by atoms with Crippen LogP contribution >= 0.6 is 0 Å². The van der Waals surface area contributed by atoms with Crippen LogP contribution in [0.5, 0.6) is 0 Å². The van der Waals surface area contributed by atoms with Crippen LogP contribution < -0.4 is 5.32 Å². The zero-order chi connectivity index (χ0) is 16.5. The van der Waals surface area contributed by atoms with Gasteiger partial charge in [0.05, 0.1) is 11.4 Å². The minimum absolute atomic E-state index is 0.0606. The molecule has 2 heterocycles. The molecular weight excluding hydrogens is 306 g/mol. The molecule has 0 spiro atoms. The quantitative estimate of drug-likeness (QED) is 0.841. The number of nitrogens with one attached hydrogen (secondary N) is 2. The Morgan fingerprint density at radius 1 is 1.23 bits per heavy atom. The Bertz CT molecular complexity index is 625. The normalized spacial score (nSPS) is 17.0. The molecule has 9 heteroatoms. The number of urea groups is 1. The molecule has 0 aliphatic carbocycles. The Balaban J connectivity index is 2.07. The molecule has 0 bridgehead atoms. The van der Waals surface area contributed by atoms with Crippen LogP contribution in [0.15, 0.2) is 4.90 Å². The van der Waals surface area contributed by atoms with E-state index < -0.39 is 10.0 Å². The van der Waals surface area contributed by atoms with Crippen LogP contribution in [0, 0.1) is 13.8 Å². The van der Waals surface area contributed by atoms with Gasteiger partial charge in [0.2, 0.25) is 10.0 Å². The fourth-order valence-electron chi connectivity index (χ4n) is 2.52. The molecular formula is C13H23N5O3S. The topological polar surface area (TPSA) is 98.4 Å². The van der Waals surface area contributed by atoms with Crippen molar-refractivity contribution in [3.05, 3.63) is 11.4 Å². The average Bonchev–Trinajstić information content (AvgIpc) is 2.78. The number of carbonyl (C=O) groups is 1. The van der Waals surface area contributed by atoms with Gasteiger partial charge in [-0.15, -0.1) is 0 Å². The number of sulfonamides is 1. The molecule has 0 aromatic carbocycles. The summed E-state index contributed by atoms with van der Waals surface area (Å²) in [5.41, 5.74) is 1.01. The molecule has 1 fully saturated rings. The number of hydrogen-bond donors (Lipinski definition) is 2. The highest BCUT2D eigenvalue weighted by atomic mass is 32.2. The second-order valence-electron chi connectivity index (χ2n) is 5.76. The number of aromatic nitrogens is 2. The molecule has 1 aromatic rings. The van der Waals surface area contributed by atoms with Crippen molar-refractivity contribution in [1.82, 2.24) is 24.7 Å². The van der Waals surface area contributed by atoms with E-state index in [1.54, 1.807) is 18.7 Å². The number of aromatic amines is 1. The predicted molar refractivity (Wildman–Crippen MR) is 82.1 cm³/mol. The number of piperazine rings is 1. The number of H-pyrrole nitrogens is 1. The van der Waals surface area contributed by atoms with Crippen molar-refractivity contribution in [3.63, 3.8) is 0 Å². The fourth-order valence-corrected chi connectivity index (χ4v) is 4.27. The van der Waals surface area contributed by atoms with E-state index >= 15 is 0 Å². The van der Waals surface area contributed by atoms with Gasteiger partial charge in [-0.2, -0.15) is 9.40 Å². The summed E-state index contributed by atoms with van der Waals surface area (Å²) >= 11 is 0. The van der Waals surface area contributed by atoms with Crippen LogP contribution in [-0.2, 0) is 10.0 Å². The third kappa shape index (κ3) is 3.25. The van der Waals surface area contributed by atoms with Gasteiger partial charge in [0.1, 0.15) is 4.90 Å². The summed E-state index contributed by atoms with van der Waals surface area (Å²) in [7, 11) is -3.57. The van der Waals surface area contributed by atoms with Gasteiger partial charge in [0.15, 0.2) is 0 Å². The van der Waals surface area contributed by atoms with Gasteiger partial charge in [0, 0.05) is 32.2 Å². The molecule has 8 nitrogen and oxygen atoms in total. The summed E-state index contributed by atoms with van der Waals surface area (Å²) in [6, 6.07) is -0.0896. The molecule has 1 aliphatic heterocycles. The van der Waals surface area contributed by atoms with E-state index in [2.05, 4.69) is 15.5 Å². The Morgan fingerprint density at radius 3 is 2.27 bits per heavy atom. The van der Waals surface area contributed by atoms with E-state index in [1.165, 1.54) is 4.31 Å². The van der Waals surface area contributed by atoms with E-state index in [0.29, 0.717) is 24.5 Å². The monoisotopic (exact) mass is 329 g/mol. The third-order valence-electron chi connectivity index (χ3n) is 3.60. The van der Waals surface area contributed by atoms with Crippen molar-refractivity contribution in [2.75, 3.05) is 26.2 Å². The van der Waals surface area contributed by atoms with Gasteiger partial charge in [-0.05, 0) is 27.7 Å². The zero-order valence-corrected chi connectivity index (χ0v) is 14.2. The van der Waals surface area contributed by atoms with Crippen molar-refractivity contribution in [2.24, 2.45) is 0 Å². The lowest BCUT2D eigenvalue weighted by Gasteiger charge is -2.34. The number of carbonyl (C=O) groups excluding carboxylic acids is 1. The van der Waals surface area contributed by atoms with Gasteiger partial charge in [-0.3, -0.25) is 5.10 Å². The molecule has 2 N–H and O–H groups in total. The van der Waals surface area contributed by atoms with Gasteiger partial charge >= 0.3 is 6.03 Å². The summed E-state index contributed by atoms with van der Waals surface area (Å²) in [5.74, 6) is 0. The van der Waals surface area contributed by atoms with Gasteiger partial charge in [0.25, 0.3) is 0 Å². The molecule has 124 valence electrons. The van der Waals surface area contributed by atoms with E-state index in [9.17, 15) is 13.2 Å². The van der Waals surface area contributed by atoms with Crippen molar-refractivity contribution in [1.29, 1.82) is 0 Å². The van der Waals surface area contributed by atoms with Crippen molar-refractivity contribution in [3.8, 4) is 0 Å². The lowest BCUT2D eigenvalue weighted by atomic mass is 10.3. The van der Waals surface area contributed by atoms with E-state index in [4.69, 9.17) is 0 Å². The molecule has 2 amide bonds. The minimum atomic E-state index is -3.57. The fraction of sp³-hybridized carbons (Fsp3) is 0.692. The maximum Gasteiger partial charge on any atom is 0.317 e. The lowest BCUT2D eigenvalue weighted by molar-refractivity contribution is 0.170. The maximum absolute atomic E-state index is 12.7. The largest absolute Gasteiger partial charge is 0.336 e. The highest BCUT2D eigenvalue weighted by Gasteiger charge is 2.33. The van der Waals surface area contributed by atoms with Crippen LogP contribution in [0.2, 0.25) is 0 Å². The second kappa shape index (κ2) is 6.25. The van der Waals surface area contributed by atoms with E-state index in [-0.39, 0.29) is 30.1 Å². The molecule has 1 aromatic heterocycles. The Morgan fingerprint density at radius 2 is 1.82 bits per heavy atom. The van der Waals surface area contributed by atoms with E-state index in [1.807, 2.05) is 13.8 Å². The maximum atomic E-state index is 12.7. The molecule has 22 heavy (non-hydrogen) atoms. The molecule has 0 atom stereocenters. The van der Waals surface area contributed by atoms with Gasteiger partial charge in [-0.1, -0.05) is 0 Å². The first-order chi connectivity index (χ1) is 10.2. The Hall–Kier alpha value is -1.61. The van der Waals surface area contributed by atoms with Gasteiger partial charge < -0.3 is 10.2 Å². The Kier molecular flexibility index (Phi) is 4.76. The van der Waals surface area contributed by atoms with Crippen LogP contribution in [0.25, 0.3) is 0 Å². The highest BCUT2D eigenvalue weighted by Crippen LogP contribution is 2.22. The van der Waals surface area contributed by atoms with Crippen LogP contribution in [-0.4, -0.2) is 66.1 Å². The second-order valence-corrected chi connectivity index (χ2v) is 7.63. The number of hydrogen-bond acceptors (Lipinski definition) is 4. The molecule has 2 rings (SSSR count). The van der Waals surface area contributed by atoms with Crippen molar-refractivity contribution < 1.29 is 13.2 Å². The number of nitrogens with zero attached hydrogens (tertiary/aromatic N) is 3. The number of rotatable bonds is 3. The Labute approximate surface area is 130 Å². The molecule has 0 radical (unpaired) electrons. The van der Waals surface area contributed by atoms with Crippen molar-refractivity contribution in [2.45, 2.75) is 38.6 Å². The summed E-state index contributed by atoms with van der Waals surface area (Å²) < 4.78 is 26.8. The first kappa shape index (κ1) is 16.8. The summed E-state index contributed by atoms with van der Waals surface area (Å²) in [6.45, 7) is 8.49. The smallest absolute Gasteiger partial charge is 0.317 e. The summed E-state index contributed by atoms with van der Waals surface area (Å²) in [5, 5.41) is 9.46. The summed E-state index contributed by atoms with van der Waals surface area (Å²) in [4.78, 5) is 13.8. The van der Waals surface area contributed by atoms with Crippen LogP contribution in [0.3, 0.4) is 0 Å². The van der Waals surface area contributed by atoms with Crippen molar-refractivity contribution >= 4 is 16.1 Å².